The second kappa shape index (κ2) is 3.05. The molecule has 0 aliphatic carbocycles. The lowest BCUT2D eigenvalue weighted by molar-refractivity contribution is 0.346. The van der Waals surface area contributed by atoms with Crippen molar-refractivity contribution in [1.82, 2.24) is 4.57 Å². The quantitative estimate of drug-likeness (QED) is 0.528. The maximum absolute atomic E-state index is 2.72. The zero-order valence-corrected chi connectivity index (χ0v) is 8.48. The Kier molecular flexibility index (Phi) is 2.53. The number of piperidine rings is 1. The van der Waals surface area contributed by atoms with Crippen LogP contribution in [-0.4, -0.2) is 25.9 Å². The average Bonchev–Trinajstić information content (AvgIpc) is 1.88. The van der Waals surface area contributed by atoms with Crippen molar-refractivity contribution in [1.29, 1.82) is 0 Å². The molecule has 1 aliphatic heterocycles. The summed E-state index contributed by atoms with van der Waals surface area (Å²) >= 11 is 0. The van der Waals surface area contributed by atoms with Gasteiger partial charge in [-0.1, -0.05) is 26.1 Å². The van der Waals surface area contributed by atoms with E-state index in [9.17, 15) is 0 Å². The van der Waals surface area contributed by atoms with Gasteiger partial charge in [0, 0.05) is 0 Å². The summed E-state index contributed by atoms with van der Waals surface area (Å²) in [5.74, 6) is 0. The predicted octanol–water partition coefficient (Wildman–Crippen LogP) is 2.31. The van der Waals surface area contributed by atoms with E-state index < -0.39 is 8.24 Å². The molecule has 1 nitrogen and oxygen atoms in total. The van der Waals surface area contributed by atoms with Crippen LogP contribution in [0.1, 0.15) is 19.3 Å². The van der Waals surface area contributed by atoms with Crippen LogP contribution in [0.5, 0.6) is 0 Å². The van der Waals surface area contributed by atoms with E-state index in [-0.39, 0.29) is 0 Å². The van der Waals surface area contributed by atoms with E-state index in [1.807, 2.05) is 0 Å². The number of hydrogen-bond acceptors (Lipinski definition) is 1. The third-order valence-corrected chi connectivity index (χ3v) is 4.65. The zero-order chi connectivity index (χ0) is 7.61. The van der Waals surface area contributed by atoms with E-state index in [2.05, 4.69) is 24.2 Å². The standard InChI is InChI=1S/C8H19NSi/c1-10(2,3)9-7-5-4-6-8-9/h4-8H2,1-3H3. The van der Waals surface area contributed by atoms with E-state index in [1.54, 1.807) is 0 Å². The van der Waals surface area contributed by atoms with Gasteiger partial charge in [-0.3, -0.25) is 0 Å². The van der Waals surface area contributed by atoms with Crippen LogP contribution in [0, 0.1) is 0 Å². The number of rotatable bonds is 1. The van der Waals surface area contributed by atoms with Crippen LogP contribution in [0.25, 0.3) is 0 Å². The molecule has 1 fully saturated rings. The molecule has 1 heterocycles. The highest BCUT2D eigenvalue weighted by molar-refractivity contribution is 6.73. The van der Waals surface area contributed by atoms with Crippen molar-refractivity contribution in [2.45, 2.75) is 38.9 Å². The van der Waals surface area contributed by atoms with Crippen molar-refractivity contribution in [3.05, 3.63) is 0 Å². The smallest absolute Gasteiger partial charge is 0.119 e. The van der Waals surface area contributed by atoms with Crippen LogP contribution < -0.4 is 0 Å². The van der Waals surface area contributed by atoms with Gasteiger partial charge >= 0.3 is 0 Å². The molecular weight excluding hydrogens is 138 g/mol. The molecule has 0 saturated carbocycles. The van der Waals surface area contributed by atoms with Gasteiger partial charge < -0.3 is 4.57 Å². The molecule has 0 aromatic carbocycles. The van der Waals surface area contributed by atoms with Crippen molar-refractivity contribution in [3.63, 3.8) is 0 Å². The third-order valence-electron chi connectivity index (χ3n) is 2.30. The van der Waals surface area contributed by atoms with Gasteiger partial charge in [-0.05, 0) is 25.9 Å². The third kappa shape index (κ3) is 2.10. The van der Waals surface area contributed by atoms with Gasteiger partial charge in [0.25, 0.3) is 0 Å². The molecule has 0 amide bonds. The molecule has 0 bridgehead atoms. The molecule has 0 aromatic rings. The van der Waals surface area contributed by atoms with Gasteiger partial charge in [0.2, 0.25) is 0 Å². The largest absolute Gasteiger partial charge is 0.324 e. The molecule has 0 radical (unpaired) electrons. The molecule has 2 heteroatoms. The Bertz CT molecular complexity index is 100. The molecule has 1 rings (SSSR count). The minimum atomic E-state index is -0.923. The van der Waals surface area contributed by atoms with E-state index in [0.717, 1.165) is 0 Å². The Hall–Kier alpha value is 0.177. The second-order valence-electron chi connectivity index (χ2n) is 4.22. The van der Waals surface area contributed by atoms with E-state index in [4.69, 9.17) is 0 Å². The highest BCUT2D eigenvalue weighted by Crippen LogP contribution is 2.16. The fourth-order valence-electron chi connectivity index (χ4n) is 1.56. The lowest BCUT2D eigenvalue weighted by atomic mass is 10.2. The molecule has 0 aromatic heterocycles. The summed E-state index contributed by atoms with van der Waals surface area (Å²) < 4.78 is 2.72. The monoisotopic (exact) mass is 157 g/mol. The van der Waals surface area contributed by atoms with Crippen molar-refractivity contribution in [2.24, 2.45) is 0 Å². The summed E-state index contributed by atoms with van der Waals surface area (Å²) in [7, 11) is -0.923. The lowest BCUT2D eigenvalue weighted by Gasteiger charge is -2.36. The van der Waals surface area contributed by atoms with Crippen molar-refractivity contribution in [3.8, 4) is 0 Å². The Morgan fingerprint density at radius 3 is 1.70 bits per heavy atom. The average molecular weight is 157 g/mol. The van der Waals surface area contributed by atoms with Crippen molar-refractivity contribution < 1.29 is 0 Å². The molecule has 0 atom stereocenters. The van der Waals surface area contributed by atoms with Gasteiger partial charge in [0.1, 0.15) is 8.24 Å². The molecule has 60 valence electrons. The van der Waals surface area contributed by atoms with Crippen LogP contribution in [-0.2, 0) is 0 Å². The predicted molar refractivity (Wildman–Crippen MR) is 48.8 cm³/mol. The first-order valence-corrected chi connectivity index (χ1v) is 7.80. The summed E-state index contributed by atoms with van der Waals surface area (Å²) in [5, 5.41) is 0. The van der Waals surface area contributed by atoms with Crippen LogP contribution >= 0.6 is 0 Å². The minimum Gasteiger partial charge on any atom is -0.324 e. The normalized spacial score (nSPS) is 23.1. The summed E-state index contributed by atoms with van der Waals surface area (Å²) in [5.41, 5.74) is 0. The van der Waals surface area contributed by atoms with Crippen molar-refractivity contribution in [2.75, 3.05) is 13.1 Å². The topological polar surface area (TPSA) is 3.24 Å². The summed E-state index contributed by atoms with van der Waals surface area (Å²) in [6.45, 7) is 10.1. The first-order chi connectivity index (χ1) is 4.61. The molecule has 0 N–H and O–H groups in total. The van der Waals surface area contributed by atoms with Gasteiger partial charge in [0.05, 0.1) is 0 Å². The van der Waals surface area contributed by atoms with E-state index in [1.165, 1.54) is 32.4 Å². The first-order valence-electron chi connectivity index (χ1n) is 4.36. The summed E-state index contributed by atoms with van der Waals surface area (Å²) in [6.07, 6.45) is 4.33. The molecule has 10 heavy (non-hydrogen) atoms. The number of nitrogens with zero attached hydrogens (tertiary/aromatic N) is 1. The second-order valence-corrected chi connectivity index (χ2v) is 9.19. The Balaban J connectivity index is 2.39. The summed E-state index contributed by atoms with van der Waals surface area (Å²) in [4.78, 5) is 0. The first kappa shape index (κ1) is 8.28. The number of hydrogen-bond donors (Lipinski definition) is 0. The van der Waals surface area contributed by atoms with Gasteiger partial charge in [0.15, 0.2) is 0 Å². The minimum absolute atomic E-state index is 0.923. The van der Waals surface area contributed by atoms with Crippen LogP contribution in [0.2, 0.25) is 19.6 Å². The fraction of sp³-hybridized carbons (Fsp3) is 1.00. The van der Waals surface area contributed by atoms with E-state index >= 15 is 0 Å². The highest BCUT2D eigenvalue weighted by Gasteiger charge is 2.24. The van der Waals surface area contributed by atoms with Gasteiger partial charge in [-0.25, -0.2) is 0 Å². The Labute approximate surface area is 65.5 Å². The van der Waals surface area contributed by atoms with Gasteiger partial charge in [-0.2, -0.15) is 0 Å². The van der Waals surface area contributed by atoms with Crippen LogP contribution in [0.3, 0.4) is 0 Å². The molecule has 0 spiro atoms. The summed E-state index contributed by atoms with van der Waals surface area (Å²) in [6, 6.07) is 0. The van der Waals surface area contributed by atoms with Crippen LogP contribution in [0.15, 0.2) is 0 Å². The Morgan fingerprint density at radius 2 is 1.40 bits per heavy atom. The maximum Gasteiger partial charge on any atom is 0.119 e. The Morgan fingerprint density at radius 1 is 0.900 bits per heavy atom. The van der Waals surface area contributed by atoms with Crippen molar-refractivity contribution >= 4 is 8.24 Å². The maximum atomic E-state index is 2.72. The molecule has 1 saturated heterocycles. The molecule has 0 unspecified atom stereocenters. The van der Waals surface area contributed by atoms with E-state index in [0.29, 0.717) is 0 Å². The lowest BCUT2D eigenvalue weighted by Crippen LogP contribution is -2.48. The SMILES string of the molecule is C[Si](C)(C)N1CCCCC1. The molecule has 1 aliphatic rings. The molecular formula is C8H19NSi. The highest BCUT2D eigenvalue weighted by atomic mass is 28.3. The zero-order valence-electron chi connectivity index (χ0n) is 7.48. The van der Waals surface area contributed by atoms with Gasteiger partial charge in [-0.15, -0.1) is 0 Å². The fourth-order valence-corrected chi connectivity index (χ4v) is 3.22. The van der Waals surface area contributed by atoms with Crippen LogP contribution in [0.4, 0.5) is 0 Å².